The minimum absolute atomic E-state index is 0.0336. The zero-order valence-corrected chi connectivity index (χ0v) is 18.2. The summed E-state index contributed by atoms with van der Waals surface area (Å²) in [5, 5.41) is 15.1. The summed E-state index contributed by atoms with van der Waals surface area (Å²) < 4.78 is 30.6. The minimum Gasteiger partial charge on any atom is -0.466 e. The number of aliphatic hydroxyl groups is 1. The van der Waals surface area contributed by atoms with E-state index in [2.05, 4.69) is 19.9 Å². The molecule has 0 fully saturated rings. The van der Waals surface area contributed by atoms with Crippen LogP contribution in [-0.4, -0.2) is 29.2 Å². The van der Waals surface area contributed by atoms with Gasteiger partial charge in [0.15, 0.2) is 11.8 Å². The van der Waals surface area contributed by atoms with Crippen LogP contribution in [0.5, 0.6) is 0 Å². The Labute approximate surface area is 187 Å². The van der Waals surface area contributed by atoms with Gasteiger partial charge in [0.25, 0.3) is 15.6 Å². The first kappa shape index (κ1) is 21.8. The molecule has 0 bridgehead atoms. The number of fused-ring (bicyclic) bond motifs is 1. The molecule has 164 valence electrons. The van der Waals surface area contributed by atoms with Crippen molar-refractivity contribution in [1.82, 2.24) is 14.8 Å². The van der Waals surface area contributed by atoms with Gasteiger partial charge >= 0.3 is 0 Å². The van der Waals surface area contributed by atoms with Gasteiger partial charge in [0, 0.05) is 5.02 Å². The minimum atomic E-state index is -4.08. The standard InChI is InChI=1S/C21H17ClN4O5S/c1-12-4-7-14(8-5-12)32(29,30)26-25-18(20(27)17-3-2-10-31-17)19-21(28)24-16-11-13(22)6-9-15(16)23-19/h2-11,20,26-27H,1H3,(H,24,28)/b25-18-/t20-/m0/s1. The van der Waals surface area contributed by atoms with Crippen molar-refractivity contribution in [3.63, 3.8) is 0 Å². The molecule has 0 aliphatic carbocycles. The third-order valence-electron chi connectivity index (χ3n) is 4.59. The SMILES string of the molecule is Cc1ccc(S(=O)(=O)N/N=C(/c2nc3ccc(Cl)cc3[nH]c2=O)[C@@H](O)c2ccco2)cc1. The molecule has 11 heteroatoms. The first-order chi connectivity index (χ1) is 15.2. The van der Waals surface area contributed by atoms with E-state index in [4.69, 9.17) is 16.0 Å². The number of hydrazone groups is 1. The fourth-order valence-corrected chi connectivity index (χ4v) is 3.93. The van der Waals surface area contributed by atoms with Crippen LogP contribution in [-0.2, 0) is 10.0 Å². The number of aromatic nitrogens is 2. The lowest BCUT2D eigenvalue weighted by Gasteiger charge is -2.12. The largest absolute Gasteiger partial charge is 0.466 e. The maximum absolute atomic E-state index is 12.7. The fourth-order valence-electron chi connectivity index (χ4n) is 2.94. The molecule has 4 aromatic rings. The van der Waals surface area contributed by atoms with Gasteiger partial charge in [-0.15, -0.1) is 0 Å². The molecule has 0 spiro atoms. The number of nitrogens with one attached hydrogen (secondary N) is 2. The van der Waals surface area contributed by atoms with Crippen molar-refractivity contribution in [2.75, 3.05) is 0 Å². The number of halogens is 1. The van der Waals surface area contributed by atoms with Crippen molar-refractivity contribution in [1.29, 1.82) is 0 Å². The molecule has 32 heavy (non-hydrogen) atoms. The van der Waals surface area contributed by atoms with Crippen LogP contribution >= 0.6 is 11.6 Å². The van der Waals surface area contributed by atoms with E-state index < -0.39 is 21.7 Å². The summed E-state index contributed by atoms with van der Waals surface area (Å²) in [6.45, 7) is 1.82. The number of sulfonamides is 1. The number of aliphatic hydroxyl groups excluding tert-OH is 1. The highest BCUT2D eigenvalue weighted by Crippen LogP contribution is 2.20. The Morgan fingerprint density at radius 1 is 1.22 bits per heavy atom. The summed E-state index contributed by atoms with van der Waals surface area (Å²) >= 11 is 5.96. The first-order valence-electron chi connectivity index (χ1n) is 9.32. The van der Waals surface area contributed by atoms with E-state index in [1.54, 1.807) is 24.3 Å². The molecule has 0 aliphatic rings. The van der Waals surface area contributed by atoms with Crippen LogP contribution in [0.25, 0.3) is 11.0 Å². The molecule has 1 atom stereocenters. The number of hydrogen-bond donors (Lipinski definition) is 3. The van der Waals surface area contributed by atoms with Gasteiger partial charge < -0.3 is 14.5 Å². The van der Waals surface area contributed by atoms with E-state index in [9.17, 15) is 18.3 Å². The maximum Gasteiger partial charge on any atom is 0.276 e. The van der Waals surface area contributed by atoms with Crippen LogP contribution < -0.4 is 10.4 Å². The number of benzene rings is 2. The Morgan fingerprint density at radius 3 is 2.66 bits per heavy atom. The lowest BCUT2D eigenvalue weighted by atomic mass is 10.1. The van der Waals surface area contributed by atoms with Gasteiger partial charge in [-0.2, -0.15) is 18.4 Å². The normalized spacial score (nSPS) is 13.3. The second kappa shape index (κ2) is 8.58. The van der Waals surface area contributed by atoms with Crippen LogP contribution in [0.4, 0.5) is 0 Å². The van der Waals surface area contributed by atoms with Gasteiger partial charge in [-0.1, -0.05) is 29.3 Å². The number of aryl methyl sites for hydroxylation is 1. The van der Waals surface area contributed by atoms with E-state index in [1.807, 2.05) is 6.92 Å². The number of aromatic amines is 1. The van der Waals surface area contributed by atoms with Gasteiger partial charge in [-0.3, -0.25) is 4.79 Å². The summed E-state index contributed by atoms with van der Waals surface area (Å²) in [6.07, 6.45) is -0.240. The second-order valence-corrected chi connectivity index (χ2v) is 9.00. The topological polar surface area (TPSA) is 138 Å². The number of H-pyrrole nitrogens is 1. The number of nitrogens with zero attached hydrogens (tertiary/aromatic N) is 2. The molecule has 4 rings (SSSR count). The molecular weight excluding hydrogens is 456 g/mol. The lowest BCUT2D eigenvalue weighted by Crippen LogP contribution is -2.29. The number of furan rings is 1. The van der Waals surface area contributed by atoms with E-state index in [-0.39, 0.29) is 22.1 Å². The van der Waals surface area contributed by atoms with Crippen molar-refractivity contribution in [2.24, 2.45) is 5.10 Å². The molecule has 0 unspecified atom stereocenters. The average Bonchev–Trinajstić information content (AvgIpc) is 3.29. The maximum atomic E-state index is 12.7. The summed E-state index contributed by atoms with van der Waals surface area (Å²) in [4.78, 5) is 21.6. The Morgan fingerprint density at radius 2 is 1.97 bits per heavy atom. The summed E-state index contributed by atoms with van der Waals surface area (Å²) in [5.41, 5.74) is 0.305. The Bertz CT molecular complexity index is 1460. The highest BCUT2D eigenvalue weighted by atomic mass is 35.5. The highest BCUT2D eigenvalue weighted by Gasteiger charge is 2.25. The van der Waals surface area contributed by atoms with Crippen LogP contribution in [0.2, 0.25) is 5.02 Å². The highest BCUT2D eigenvalue weighted by molar-refractivity contribution is 7.89. The van der Waals surface area contributed by atoms with Gasteiger partial charge in [0.2, 0.25) is 0 Å². The molecule has 0 radical (unpaired) electrons. The zero-order valence-electron chi connectivity index (χ0n) is 16.6. The quantitative estimate of drug-likeness (QED) is 0.291. The molecule has 2 aromatic heterocycles. The summed E-state index contributed by atoms with van der Waals surface area (Å²) in [5.74, 6) is 0.0516. The fraction of sp³-hybridized carbons (Fsp3) is 0.0952. The molecule has 9 nitrogen and oxygen atoms in total. The first-order valence-corrected chi connectivity index (χ1v) is 11.2. The van der Waals surface area contributed by atoms with Crippen molar-refractivity contribution in [2.45, 2.75) is 17.9 Å². The van der Waals surface area contributed by atoms with E-state index >= 15 is 0 Å². The van der Waals surface area contributed by atoms with Gasteiger partial charge in [-0.05, 0) is 49.4 Å². The molecule has 0 saturated heterocycles. The van der Waals surface area contributed by atoms with Gasteiger partial charge in [0.1, 0.15) is 11.5 Å². The van der Waals surface area contributed by atoms with E-state index in [0.717, 1.165) is 5.56 Å². The molecule has 2 heterocycles. The zero-order chi connectivity index (χ0) is 22.9. The predicted octanol–water partition coefficient (Wildman–Crippen LogP) is 2.89. The van der Waals surface area contributed by atoms with Crippen LogP contribution in [0, 0.1) is 6.92 Å². The molecule has 3 N–H and O–H groups in total. The van der Waals surface area contributed by atoms with Crippen LogP contribution in [0.15, 0.2) is 80.1 Å². The van der Waals surface area contributed by atoms with Crippen LogP contribution in [0.3, 0.4) is 0 Å². The number of hydrogen-bond acceptors (Lipinski definition) is 7. The molecule has 0 saturated carbocycles. The molecule has 0 amide bonds. The third kappa shape index (κ3) is 4.42. The lowest BCUT2D eigenvalue weighted by molar-refractivity contribution is 0.214. The smallest absolute Gasteiger partial charge is 0.276 e. The Kier molecular flexibility index (Phi) is 5.83. The van der Waals surface area contributed by atoms with Crippen molar-refractivity contribution < 1.29 is 17.9 Å². The van der Waals surface area contributed by atoms with Crippen molar-refractivity contribution >= 4 is 38.4 Å². The molecular formula is C21H17ClN4O5S. The molecule has 0 aliphatic heterocycles. The van der Waals surface area contributed by atoms with Crippen molar-refractivity contribution in [3.8, 4) is 0 Å². The summed E-state index contributed by atoms with van der Waals surface area (Å²) in [6, 6.07) is 13.8. The van der Waals surface area contributed by atoms with Crippen LogP contribution in [0.1, 0.15) is 23.1 Å². The van der Waals surface area contributed by atoms with Gasteiger partial charge in [0.05, 0.1) is 22.2 Å². The predicted molar refractivity (Wildman–Crippen MR) is 119 cm³/mol. The van der Waals surface area contributed by atoms with Crippen molar-refractivity contribution in [3.05, 3.63) is 93.3 Å². The molecule has 2 aromatic carbocycles. The third-order valence-corrected chi connectivity index (χ3v) is 6.05. The Hall–Kier alpha value is -3.47. The van der Waals surface area contributed by atoms with Gasteiger partial charge in [-0.25, -0.2) is 4.98 Å². The second-order valence-electron chi connectivity index (χ2n) is 6.90. The average molecular weight is 473 g/mol. The summed E-state index contributed by atoms with van der Waals surface area (Å²) in [7, 11) is -4.08. The number of rotatable bonds is 6. The van der Waals surface area contributed by atoms with E-state index in [0.29, 0.717) is 16.1 Å². The Balaban J connectivity index is 1.82. The monoisotopic (exact) mass is 472 g/mol. The van der Waals surface area contributed by atoms with E-state index in [1.165, 1.54) is 36.6 Å².